The zero-order valence-corrected chi connectivity index (χ0v) is 17.1. The fourth-order valence-electron chi connectivity index (χ4n) is 5.39. The highest BCUT2D eigenvalue weighted by atomic mass is 16.5. The molecular weight excluding hydrogens is 382 g/mol. The molecule has 2 aromatic rings. The normalized spacial score (nSPS) is 28.3. The summed E-state index contributed by atoms with van der Waals surface area (Å²) < 4.78 is 17.0. The van der Waals surface area contributed by atoms with Crippen LogP contribution in [0.3, 0.4) is 0 Å². The summed E-state index contributed by atoms with van der Waals surface area (Å²) in [4.78, 5) is 25.7. The number of fused-ring (bicyclic) bond motifs is 3. The topological polar surface area (TPSA) is 73.9 Å². The molecule has 4 atom stereocenters. The molecule has 0 saturated heterocycles. The molecule has 1 N–H and O–H groups in total. The number of para-hydroxylation sites is 1. The summed E-state index contributed by atoms with van der Waals surface area (Å²) in [6.07, 6.45) is 2.12. The zero-order chi connectivity index (χ0) is 20.9. The number of methoxy groups -OCH3 is 2. The quantitative estimate of drug-likeness (QED) is 0.823. The van der Waals surface area contributed by atoms with Gasteiger partial charge in [0.15, 0.2) is 5.78 Å². The second-order valence-corrected chi connectivity index (χ2v) is 8.46. The lowest BCUT2D eigenvalue weighted by atomic mass is 9.84. The minimum absolute atomic E-state index is 0.0285. The molecule has 6 heteroatoms. The Labute approximate surface area is 175 Å². The van der Waals surface area contributed by atoms with Gasteiger partial charge < -0.3 is 19.5 Å². The van der Waals surface area contributed by atoms with Crippen LogP contribution in [0.2, 0.25) is 0 Å². The molecule has 2 fully saturated rings. The Kier molecular flexibility index (Phi) is 4.45. The van der Waals surface area contributed by atoms with E-state index in [1.165, 1.54) is 0 Å². The van der Waals surface area contributed by atoms with Crippen LogP contribution in [-0.2, 0) is 11.3 Å². The lowest BCUT2D eigenvalue weighted by molar-refractivity contribution is -0.124. The third-order valence-electron chi connectivity index (χ3n) is 6.82. The van der Waals surface area contributed by atoms with Crippen molar-refractivity contribution in [3.63, 3.8) is 0 Å². The first kappa shape index (κ1) is 19.0. The summed E-state index contributed by atoms with van der Waals surface area (Å²) >= 11 is 0. The molecular formula is C24H25NO5. The van der Waals surface area contributed by atoms with Crippen LogP contribution < -0.4 is 19.5 Å². The molecule has 3 aliphatic rings. The molecule has 0 radical (unpaired) electrons. The second kappa shape index (κ2) is 7.04. The molecule has 6 nitrogen and oxygen atoms in total. The van der Waals surface area contributed by atoms with E-state index in [1.54, 1.807) is 20.3 Å². The number of amides is 1. The van der Waals surface area contributed by atoms with Gasteiger partial charge in [-0.3, -0.25) is 9.59 Å². The second-order valence-electron chi connectivity index (χ2n) is 8.46. The Morgan fingerprint density at radius 3 is 2.63 bits per heavy atom. The van der Waals surface area contributed by atoms with E-state index in [1.807, 2.05) is 36.4 Å². The highest BCUT2D eigenvalue weighted by Crippen LogP contribution is 2.65. The predicted octanol–water partition coefficient (Wildman–Crippen LogP) is 3.38. The number of benzene rings is 2. The summed E-state index contributed by atoms with van der Waals surface area (Å²) in [5.74, 6) is 2.49. The van der Waals surface area contributed by atoms with Crippen molar-refractivity contribution in [3.8, 4) is 17.2 Å². The van der Waals surface area contributed by atoms with Crippen LogP contribution >= 0.6 is 0 Å². The minimum Gasteiger partial charge on any atom is -0.497 e. The average molecular weight is 407 g/mol. The van der Waals surface area contributed by atoms with Gasteiger partial charge in [-0.2, -0.15) is 0 Å². The molecule has 1 spiro atoms. The van der Waals surface area contributed by atoms with Crippen molar-refractivity contribution in [1.82, 2.24) is 5.32 Å². The molecule has 1 amide bonds. The zero-order valence-electron chi connectivity index (χ0n) is 17.1. The van der Waals surface area contributed by atoms with Gasteiger partial charge in [0.1, 0.15) is 22.8 Å². The molecule has 2 aromatic carbocycles. The summed E-state index contributed by atoms with van der Waals surface area (Å²) in [6, 6.07) is 13.0. The minimum atomic E-state index is -0.530. The lowest BCUT2D eigenvalue weighted by Gasteiger charge is -2.37. The fraction of sp³-hybridized carbons (Fsp3) is 0.417. The Morgan fingerprint density at radius 1 is 1.17 bits per heavy atom. The molecule has 1 aliphatic heterocycles. The summed E-state index contributed by atoms with van der Waals surface area (Å²) in [5.41, 5.74) is 1.04. The maximum absolute atomic E-state index is 12.9. The fourth-order valence-corrected chi connectivity index (χ4v) is 5.39. The largest absolute Gasteiger partial charge is 0.497 e. The number of nitrogens with one attached hydrogen (secondary N) is 1. The number of carbonyl (C=O) groups is 2. The Morgan fingerprint density at radius 2 is 1.90 bits per heavy atom. The van der Waals surface area contributed by atoms with Crippen molar-refractivity contribution >= 4 is 11.7 Å². The maximum atomic E-state index is 12.9. The number of ether oxygens (including phenoxy) is 3. The lowest BCUT2D eigenvalue weighted by Crippen LogP contribution is -2.44. The molecule has 2 aliphatic carbocycles. The monoisotopic (exact) mass is 407 g/mol. The third-order valence-corrected chi connectivity index (χ3v) is 6.82. The summed E-state index contributed by atoms with van der Waals surface area (Å²) in [7, 11) is 3.21. The maximum Gasteiger partial charge on any atom is 0.224 e. The Balaban J connectivity index is 1.28. The van der Waals surface area contributed by atoms with Crippen LogP contribution in [-0.4, -0.2) is 31.5 Å². The molecule has 0 unspecified atom stereocenters. The van der Waals surface area contributed by atoms with E-state index in [2.05, 4.69) is 5.32 Å². The van der Waals surface area contributed by atoms with Gasteiger partial charge in [-0.1, -0.05) is 12.1 Å². The molecule has 5 rings (SSSR count). The number of rotatable bonds is 5. The van der Waals surface area contributed by atoms with Gasteiger partial charge in [0, 0.05) is 24.4 Å². The Bertz CT molecular complexity index is 996. The van der Waals surface area contributed by atoms with E-state index < -0.39 is 5.60 Å². The van der Waals surface area contributed by atoms with Gasteiger partial charge in [0.05, 0.1) is 26.2 Å². The highest BCUT2D eigenvalue weighted by molar-refractivity contribution is 6.00. The van der Waals surface area contributed by atoms with Crippen LogP contribution in [0.5, 0.6) is 17.2 Å². The SMILES string of the molecule is COc1cc(CNC(=O)[C@@H]2[C@@H]3CC[C@]4(CC(=O)c5ccccc5O4)[C@@H]32)cc(OC)c1. The number of Topliss-reactive ketones (excluding diaryl/α,β-unsaturated/α-hetero) is 1. The molecule has 1 heterocycles. The first-order chi connectivity index (χ1) is 14.5. The number of carbonyl (C=O) groups excluding carboxylic acids is 2. The molecule has 0 aromatic heterocycles. The first-order valence-corrected chi connectivity index (χ1v) is 10.4. The van der Waals surface area contributed by atoms with Gasteiger partial charge in [-0.05, 0) is 48.6 Å². The van der Waals surface area contributed by atoms with Crippen LogP contribution in [0.25, 0.3) is 0 Å². The van der Waals surface area contributed by atoms with Crippen molar-refractivity contribution in [3.05, 3.63) is 53.6 Å². The predicted molar refractivity (Wildman–Crippen MR) is 110 cm³/mol. The standard InChI is InChI=1S/C24H25NO5/c1-28-15-9-14(10-16(11-15)29-2)13-25-23(27)21-18-7-8-24(22(18)21)12-19(26)17-5-3-4-6-20(17)30-24/h3-6,9-11,18,21-22H,7-8,12-13H2,1-2H3,(H,25,27)/t18-,21+,22-,24-/m0/s1. The van der Waals surface area contributed by atoms with Gasteiger partial charge in [0.2, 0.25) is 5.91 Å². The van der Waals surface area contributed by atoms with E-state index >= 15 is 0 Å². The van der Waals surface area contributed by atoms with E-state index in [4.69, 9.17) is 14.2 Å². The summed E-state index contributed by atoms with van der Waals surface area (Å²) in [6.45, 7) is 0.401. The van der Waals surface area contributed by atoms with E-state index in [0.29, 0.717) is 41.7 Å². The van der Waals surface area contributed by atoms with Crippen molar-refractivity contribution in [2.24, 2.45) is 17.8 Å². The smallest absolute Gasteiger partial charge is 0.224 e. The van der Waals surface area contributed by atoms with E-state index in [-0.39, 0.29) is 23.5 Å². The highest BCUT2D eigenvalue weighted by Gasteiger charge is 2.70. The molecule has 2 saturated carbocycles. The number of hydrogen-bond acceptors (Lipinski definition) is 5. The van der Waals surface area contributed by atoms with Crippen LogP contribution in [0.4, 0.5) is 0 Å². The average Bonchev–Trinajstić information content (AvgIpc) is 3.42. The van der Waals surface area contributed by atoms with Gasteiger partial charge in [-0.25, -0.2) is 0 Å². The van der Waals surface area contributed by atoms with Crippen molar-refractivity contribution in [2.45, 2.75) is 31.4 Å². The van der Waals surface area contributed by atoms with Crippen molar-refractivity contribution in [2.75, 3.05) is 14.2 Å². The number of ketones is 1. The summed E-state index contributed by atoms with van der Waals surface area (Å²) in [5, 5.41) is 3.05. The van der Waals surface area contributed by atoms with E-state index in [9.17, 15) is 9.59 Å². The molecule has 30 heavy (non-hydrogen) atoms. The van der Waals surface area contributed by atoms with Gasteiger partial charge >= 0.3 is 0 Å². The third kappa shape index (κ3) is 3.02. The van der Waals surface area contributed by atoms with Crippen molar-refractivity contribution in [1.29, 1.82) is 0 Å². The Hall–Kier alpha value is -3.02. The van der Waals surface area contributed by atoms with Crippen LogP contribution in [0.15, 0.2) is 42.5 Å². The first-order valence-electron chi connectivity index (χ1n) is 10.4. The van der Waals surface area contributed by atoms with E-state index in [0.717, 1.165) is 18.4 Å². The van der Waals surface area contributed by atoms with Crippen molar-refractivity contribution < 1.29 is 23.8 Å². The number of hydrogen-bond donors (Lipinski definition) is 1. The van der Waals surface area contributed by atoms with Crippen LogP contribution in [0.1, 0.15) is 35.2 Å². The molecule has 0 bridgehead atoms. The van der Waals surface area contributed by atoms with Gasteiger partial charge in [-0.15, -0.1) is 0 Å². The van der Waals surface area contributed by atoms with Crippen LogP contribution in [0, 0.1) is 17.8 Å². The van der Waals surface area contributed by atoms with Gasteiger partial charge in [0.25, 0.3) is 0 Å². The molecule has 156 valence electrons.